The topological polar surface area (TPSA) is 24.5 Å². The maximum absolute atomic E-state index is 14.3. The second-order valence-corrected chi connectivity index (χ2v) is 5.23. The highest BCUT2D eigenvalue weighted by atomic mass is 19.1. The van der Waals surface area contributed by atoms with E-state index in [1.807, 2.05) is 19.9 Å². The molecule has 0 aliphatic rings. The van der Waals surface area contributed by atoms with E-state index in [4.69, 9.17) is 4.74 Å². The number of anilines is 1. The molecule has 1 rings (SSSR count). The molecule has 0 bridgehead atoms. The van der Waals surface area contributed by atoms with Crippen molar-refractivity contribution in [1.82, 2.24) is 5.32 Å². The van der Waals surface area contributed by atoms with Gasteiger partial charge in [-0.2, -0.15) is 0 Å². The third-order valence-corrected chi connectivity index (χ3v) is 3.44. The fourth-order valence-corrected chi connectivity index (χ4v) is 2.46. The van der Waals surface area contributed by atoms with Crippen molar-refractivity contribution < 1.29 is 9.13 Å². The van der Waals surface area contributed by atoms with Gasteiger partial charge < -0.3 is 15.0 Å². The molecule has 0 aliphatic heterocycles. The van der Waals surface area contributed by atoms with Crippen LogP contribution in [-0.4, -0.2) is 32.8 Å². The summed E-state index contributed by atoms with van der Waals surface area (Å²) in [5.74, 6) is -0.154. The average molecular weight is 282 g/mol. The molecule has 1 aromatic rings. The Labute approximate surface area is 122 Å². The Morgan fingerprint density at radius 3 is 2.55 bits per heavy atom. The summed E-state index contributed by atoms with van der Waals surface area (Å²) < 4.78 is 19.4. The summed E-state index contributed by atoms with van der Waals surface area (Å²) in [7, 11) is 1.69. The lowest BCUT2D eigenvalue weighted by molar-refractivity contribution is 0.203. The van der Waals surface area contributed by atoms with Crippen molar-refractivity contribution in [3.05, 3.63) is 29.6 Å². The van der Waals surface area contributed by atoms with Crippen LogP contribution in [0.25, 0.3) is 0 Å². The summed E-state index contributed by atoms with van der Waals surface area (Å²) in [5.41, 5.74) is 1.68. The second kappa shape index (κ2) is 8.22. The van der Waals surface area contributed by atoms with Crippen molar-refractivity contribution in [3.8, 4) is 0 Å². The minimum absolute atomic E-state index is 0.0139. The molecule has 1 aromatic carbocycles. The molecule has 0 radical (unpaired) electrons. The van der Waals surface area contributed by atoms with Gasteiger partial charge in [-0.25, -0.2) is 4.39 Å². The molecule has 114 valence electrons. The number of nitrogens with one attached hydrogen (secondary N) is 1. The van der Waals surface area contributed by atoms with Crippen molar-refractivity contribution in [2.45, 2.75) is 39.8 Å². The maximum atomic E-state index is 14.3. The van der Waals surface area contributed by atoms with Gasteiger partial charge in [-0.3, -0.25) is 0 Å². The summed E-state index contributed by atoms with van der Waals surface area (Å²) in [5, 5.41) is 3.29. The lowest BCUT2D eigenvalue weighted by Crippen LogP contribution is -2.35. The van der Waals surface area contributed by atoms with Crippen LogP contribution in [0.1, 0.15) is 39.3 Å². The number of rotatable bonds is 8. The number of nitrogens with zero attached hydrogens (tertiary/aromatic N) is 1. The standard InChI is InChI=1S/C16H27FN2O/c1-6-18-13(4)16-14(17)8-7-9-15(16)19(12(2)3)10-11-20-5/h7-9,12-13,18H,6,10-11H2,1-5H3. The first-order chi connectivity index (χ1) is 9.52. The van der Waals surface area contributed by atoms with Gasteiger partial charge in [-0.1, -0.05) is 13.0 Å². The Morgan fingerprint density at radius 1 is 1.30 bits per heavy atom. The zero-order chi connectivity index (χ0) is 15.1. The molecule has 0 spiro atoms. The number of benzene rings is 1. The lowest BCUT2D eigenvalue weighted by Gasteiger charge is -2.32. The van der Waals surface area contributed by atoms with E-state index in [9.17, 15) is 4.39 Å². The first-order valence-corrected chi connectivity index (χ1v) is 7.30. The molecular weight excluding hydrogens is 255 g/mol. The molecule has 0 saturated heterocycles. The Kier molecular flexibility index (Phi) is 6.96. The minimum atomic E-state index is -0.154. The summed E-state index contributed by atoms with van der Waals surface area (Å²) in [6.45, 7) is 10.5. The summed E-state index contributed by atoms with van der Waals surface area (Å²) >= 11 is 0. The molecule has 0 heterocycles. The van der Waals surface area contributed by atoms with Gasteiger partial charge in [0.25, 0.3) is 0 Å². The second-order valence-electron chi connectivity index (χ2n) is 5.23. The van der Waals surface area contributed by atoms with Gasteiger partial charge in [0.05, 0.1) is 6.61 Å². The number of hydrogen-bond acceptors (Lipinski definition) is 3. The van der Waals surface area contributed by atoms with Gasteiger partial charge in [0, 0.05) is 37.0 Å². The van der Waals surface area contributed by atoms with E-state index in [2.05, 4.69) is 24.1 Å². The summed E-state index contributed by atoms with van der Waals surface area (Å²) in [6.07, 6.45) is 0. The highest BCUT2D eigenvalue weighted by Crippen LogP contribution is 2.30. The summed E-state index contributed by atoms with van der Waals surface area (Å²) in [6, 6.07) is 5.57. The molecule has 0 fully saturated rings. The molecule has 1 atom stereocenters. The van der Waals surface area contributed by atoms with E-state index in [1.165, 1.54) is 6.07 Å². The number of hydrogen-bond donors (Lipinski definition) is 1. The molecule has 1 unspecified atom stereocenters. The third kappa shape index (κ3) is 4.18. The van der Waals surface area contributed by atoms with Crippen LogP contribution >= 0.6 is 0 Å². The van der Waals surface area contributed by atoms with Crippen LogP contribution in [-0.2, 0) is 4.74 Å². The van der Waals surface area contributed by atoms with E-state index >= 15 is 0 Å². The fraction of sp³-hybridized carbons (Fsp3) is 0.625. The van der Waals surface area contributed by atoms with Crippen molar-refractivity contribution in [3.63, 3.8) is 0 Å². The largest absolute Gasteiger partial charge is 0.383 e. The van der Waals surface area contributed by atoms with Crippen molar-refractivity contribution in [1.29, 1.82) is 0 Å². The molecule has 0 aliphatic carbocycles. The Hall–Kier alpha value is -1.13. The number of ether oxygens (including phenoxy) is 1. The van der Waals surface area contributed by atoms with Crippen LogP contribution in [0.15, 0.2) is 18.2 Å². The molecule has 0 saturated carbocycles. The van der Waals surface area contributed by atoms with Crippen LogP contribution < -0.4 is 10.2 Å². The molecule has 4 heteroatoms. The normalized spacial score (nSPS) is 12.8. The first kappa shape index (κ1) is 16.9. The Bertz CT molecular complexity index is 409. The van der Waals surface area contributed by atoms with Crippen molar-refractivity contribution >= 4 is 5.69 Å². The van der Waals surface area contributed by atoms with Crippen LogP contribution in [0.4, 0.5) is 10.1 Å². The smallest absolute Gasteiger partial charge is 0.130 e. The van der Waals surface area contributed by atoms with E-state index in [-0.39, 0.29) is 11.9 Å². The first-order valence-electron chi connectivity index (χ1n) is 7.30. The average Bonchev–Trinajstić information content (AvgIpc) is 2.39. The predicted molar refractivity (Wildman–Crippen MR) is 82.8 cm³/mol. The Balaban J connectivity index is 3.16. The SMILES string of the molecule is CCNC(C)c1c(F)cccc1N(CCOC)C(C)C. The molecular formula is C16H27FN2O. The van der Waals surface area contributed by atoms with Gasteiger partial charge in [0.2, 0.25) is 0 Å². The van der Waals surface area contributed by atoms with Crippen LogP contribution in [0.5, 0.6) is 0 Å². The van der Waals surface area contributed by atoms with Gasteiger partial charge in [0.15, 0.2) is 0 Å². The van der Waals surface area contributed by atoms with Crippen molar-refractivity contribution in [2.75, 3.05) is 31.7 Å². The highest BCUT2D eigenvalue weighted by molar-refractivity contribution is 5.56. The van der Waals surface area contributed by atoms with E-state index < -0.39 is 0 Å². The number of halogens is 1. The summed E-state index contributed by atoms with van der Waals surface area (Å²) in [4.78, 5) is 2.19. The number of methoxy groups -OCH3 is 1. The highest BCUT2D eigenvalue weighted by Gasteiger charge is 2.20. The molecule has 1 N–H and O–H groups in total. The maximum Gasteiger partial charge on any atom is 0.130 e. The predicted octanol–water partition coefficient (Wildman–Crippen LogP) is 3.36. The molecule has 3 nitrogen and oxygen atoms in total. The van der Waals surface area contributed by atoms with E-state index in [1.54, 1.807) is 13.2 Å². The quantitative estimate of drug-likeness (QED) is 0.791. The fourth-order valence-electron chi connectivity index (χ4n) is 2.46. The van der Waals surface area contributed by atoms with Gasteiger partial charge in [0.1, 0.15) is 5.82 Å². The van der Waals surface area contributed by atoms with E-state index in [0.717, 1.165) is 24.3 Å². The van der Waals surface area contributed by atoms with Gasteiger partial charge in [-0.05, 0) is 39.4 Å². The van der Waals surface area contributed by atoms with Gasteiger partial charge >= 0.3 is 0 Å². The van der Waals surface area contributed by atoms with Crippen molar-refractivity contribution in [2.24, 2.45) is 0 Å². The monoisotopic (exact) mass is 282 g/mol. The Morgan fingerprint density at radius 2 is 2.00 bits per heavy atom. The molecule has 0 aromatic heterocycles. The zero-order valence-corrected chi connectivity index (χ0v) is 13.2. The lowest BCUT2D eigenvalue weighted by atomic mass is 10.0. The van der Waals surface area contributed by atoms with Crippen LogP contribution in [0.3, 0.4) is 0 Å². The van der Waals surface area contributed by atoms with Gasteiger partial charge in [-0.15, -0.1) is 0 Å². The molecule has 0 amide bonds. The molecule has 20 heavy (non-hydrogen) atoms. The van der Waals surface area contributed by atoms with Crippen LogP contribution in [0, 0.1) is 5.82 Å². The zero-order valence-electron chi connectivity index (χ0n) is 13.2. The van der Waals surface area contributed by atoms with Crippen LogP contribution in [0.2, 0.25) is 0 Å². The third-order valence-electron chi connectivity index (χ3n) is 3.44. The minimum Gasteiger partial charge on any atom is -0.383 e. The van der Waals surface area contributed by atoms with E-state index in [0.29, 0.717) is 12.6 Å².